The highest BCUT2D eigenvalue weighted by atomic mass is 19.1. The van der Waals surface area contributed by atoms with Crippen molar-refractivity contribution in [3.05, 3.63) is 23.6 Å². The van der Waals surface area contributed by atoms with Gasteiger partial charge in [-0.25, -0.2) is 4.39 Å². The van der Waals surface area contributed by atoms with Gasteiger partial charge in [-0.2, -0.15) is 0 Å². The summed E-state index contributed by atoms with van der Waals surface area (Å²) in [5.41, 5.74) is 1.20. The van der Waals surface area contributed by atoms with E-state index in [1.54, 1.807) is 6.08 Å². The van der Waals surface area contributed by atoms with Gasteiger partial charge in [0.15, 0.2) is 0 Å². The van der Waals surface area contributed by atoms with Crippen LogP contribution in [0.2, 0.25) is 0 Å². The Bertz CT molecular complexity index is 128. The number of halogens is 1. The third-order valence-corrected chi connectivity index (χ3v) is 1.16. The highest BCUT2D eigenvalue weighted by Crippen LogP contribution is 2.00. The molecule has 0 aromatic heterocycles. The molecule has 9 heavy (non-hydrogen) atoms. The first-order chi connectivity index (χ1) is 4.16. The Morgan fingerprint density at radius 3 is 2.22 bits per heavy atom. The van der Waals surface area contributed by atoms with E-state index in [0.717, 1.165) is 6.42 Å². The molecule has 0 aromatic carbocycles. The molecule has 0 spiro atoms. The Balaban J connectivity index is 3.83. The van der Waals surface area contributed by atoms with E-state index in [0.29, 0.717) is 0 Å². The quantitative estimate of drug-likeness (QED) is 0.501. The first kappa shape index (κ1) is 8.41. The molecular weight excluding hydrogens is 115 g/mol. The lowest BCUT2D eigenvalue weighted by Crippen LogP contribution is -1.68. The molecule has 0 heterocycles. The van der Waals surface area contributed by atoms with E-state index >= 15 is 0 Å². The fourth-order valence-electron chi connectivity index (χ4n) is 0.375. The molecule has 0 aliphatic rings. The van der Waals surface area contributed by atoms with Crippen molar-refractivity contribution in [2.75, 3.05) is 0 Å². The largest absolute Gasteiger partial charge is 0.212 e. The highest BCUT2D eigenvalue weighted by Gasteiger charge is 1.80. The fourth-order valence-corrected chi connectivity index (χ4v) is 0.375. The van der Waals surface area contributed by atoms with E-state index < -0.39 is 0 Å². The fraction of sp³-hybridized carbons (Fsp3) is 0.500. The summed E-state index contributed by atoms with van der Waals surface area (Å²) in [5, 5.41) is 0. The van der Waals surface area contributed by atoms with Gasteiger partial charge in [-0.15, -0.1) is 0 Å². The van der Waals surface area contributed by atoms with Crippen LogP contribution in [0.15, 0.2) is 23.6 Å². The lowest BCUT2D eigenvalue weighted by molar-refractivity contribution is 0.640. The Hall–Kier alpha value is -0.590. The van der Waals surface area contributed by atoms with Crippen LogP contribution in [0.4, 0.5) is 4.39 Å². The molecule has 0 N–H and O–H groups in total. The van der Waals surface area contributed by atoms with Gasteiger partial charge in [-0.05, 0) is 26.3 Å². The van der Waals surface area contributed by atoms with Crippen LogP contribution in [-0.4, -0.2) is 0 Å². The molecular formula is C8H13F. The second kappa shape index (κ2) is 4.30. The van der Waals surface area contributed by atoms with Crippen molar-refractivity contribution < 1.29 is 4.39 Å². The van der Waals surface area contributed by atoms with Crippen LogP contribution in [0.1, 0.15) is 27.2 Å². The molecule has 0 atom stereocenters. The zero-order chi connectivity index (χ0) is 7.28. The van der Waals surface area contributed by atoms with E-state index in [1.165, 1.54) is 18.6 Å². The zero-order valence-corrected chi connectivity index (χ0v) is 6.24. The maximum absolute atomic E-state index is 12.0. The summed E-state index contributed by atoms with van der Waals surface area (Å²) in [6.45, 7) is 5.48. The van der Waals surface area contributed by atoms with Crippen molar-refractivity contribution in [1.82, 2.24) is 0 Å². The molecule has 0 fully saturated rings. The second-order valence-corrected chi connectivity index (χ2v) is 2.12. The molecule has 0 aliphatic heterocycles. The summed E-state index contributed by atoms with van der Waals surface area (Å²) in [6.07, 6.45) is 4.28. The lowest BCUT2D eigenvalue weighted by Gasteiger charge is -1.88. The number of rotatable bonds is 2. The summed E-state index contributed by atoms with van der Waals surface area (Å²) >= 11 is 0. The molecule has 0 aliphatic carbocycles. The average molecular weight is 128 g/mol. The Kier molecular flexibility index (Phi) is 4.02. The summed E-state index contributed by atoms with van der Waals surface area (Å²) in [5.74, 6) is -0.136. The van der Waals surface area contributed by atoms with E-state index in [9.17, 15) is 4.39 Å². The smallest absolute Gasteiger partial charge is 0.0968 e. The monoisotopic (exact) mass is 128 g/mol. The maximum atomic E-state index is 12.0. The van der Waals surface area contributed by atoms with Crippen molar-refractivity contribution in [3.63, 3.8) is 0 Å². The topological polar surface area (TPSA) is 0 Å². The first-order valence-corrected chi connectivity index (χ1v) is 3.16. The SMILES string of the molecule is CC/C(C)=C\C=C(/C)F. The molecule has 0 aromatic rings. The van der Waals surface area contributed by atoms with Crippen LogP contribution >= 0.6 is 0 Å². The van der Waals surface area contributed by atoms with E-state index in [4.69, 9.17) is 0 Å². The van der Waals surface area contributed by atoms with Gasteiger partial charge in [0.2, 0.25) is 0 Å². The first-order valence-electron chi connectivity index (χ1n) is 3.16. The lowest BCUT2D eigenvalue weighted by atomic mass is 10.2. The molecule has 0 radical (unpaired) electrons. The summed E-state index contributed by atoms with van der Waals surface area (Å²) in [6, 6.07) is 0. The number of hydrogen-bond donors (Lipinski definition) is 0. The highest BCUT2D eigenvalue weighted by molar-refractivity contribution is 5.11. The minimum atomic E-state index is -0.136. The Labute approximate surface area is 56.1 Å². The molecule has 0 saturated carbocycles. The molecule has 0 unspecified atom stereocenters. The van der Waals surface area contributed by atoms with Crippen LogP contribution in [-0.2, 0) is 0 Å². The van der Waals surface area contributed by atoms with E-state index in [-0.39, 0.29) is 5.83 Å². The van der Waals surface area contributed by atoms with Gasteiger partial charge in [0.25, 0.3) is 0 Å². The zero-order valence-electron chi connectivity index (χ0n) is 6.24. The average Bonchev–Trinajstić information content (AvgIpc) is 1.83. The molecule has 52 valence electrons. The molecule has 0 nitrogen and oxygen atoms in total. The standard InChI is InChI=1S/C8H13F/c1-4-7(2)5-6-8(3)9/h5-6H,4H2,1-3H3/b7-5-,8-6+. The molecule has 0 rings (SSSR count). The Morgan fingerprint density at radius 1 is 1.33 bits per heavy atom. The van der Waals surface area contributed by atoms with Crippen LogP contribution in [0.5, 0.6) is 0 Å². The van der Waals surface area contributed by atoms with Crippen molar-refractivity contribution >= 4 is 0 Å². The Morgan fingerprint density at radius 2 is 1.89 bits per heavy atom. The second-order valence-electron chi connectivity index (χ2n) is 2.12. The van der Waals surface area contributed by atoms with E-state index in [2.05, 4.69) is 0 Å². The molecule has 0 amide bonds. The maximum Gasteiger partial charge on any atom is 0.0968 e. The van der Waals surface area contributed by atoms with Crippen molar-refractivity contribution in [1.29, 1.82) is 0 Å². The van der Waals surface area contributed by atoms with Gasteiger partial charge in [-0.1, -0.05) is 18.6 Å². The minimum Gasteiger partial charge on any atom is -0.212 e. The van der Waals surface area contributed by atoms with Gasteiger partial charge in [0.05, 0.1) is 5.83 Å². The van der Waals surface area contributed by atoms with Crippen molar-refractivity contribution in [2.45, 2.75) is 27.2 Å². The van der Waals surface area contributed by atoms with Crippen LogP contribution in [0.3, 0.4) is 0 Å². The summed E-state index contributed by atoms with van der Waals surface area (Å²) < 4.78 is 12.0. The number of hydrogen-bond acceptors (Lipinski definition) is 0. The van der Waals surface area contributed by atoms with Crippen LogP contribution < -0.4 is 0 Å². The molecule has 0 saturated heterocycles. The third kappa shape index (κ3) is 5.28. The molecule has 0 bridgehead atoms. The van der Waals surface area contributed by atoms with Crippen molar-refractivity contribution in [2.24, 2.45) is 0 Å². The number of allylic oxidation sites excluding steroid dienone is 4. The predicted octanol–water partition coefficient (Wildman–Crippen LogP) is 3.22. The molecule has 1 heteroatoms. The summed E-state index contributed by atoms with van der Waals surface area (Å²) in [4.78, 5) is 0. The summed E-state index contributed by atoms with van der Waals surface area (Å²) in [7, 11) is 0. The van der Waals surface area contributed by atoms with Gasteiger partial charge in [0.1, 0.15) is 0 Å². The van der Waals surface area contributed by atoms with Crippen LogP contribution in [0.25, 0.3) is 0 Å². The van der Waals surface area contributed by atoms with Gasteiger partial charge >= 0.3 is 0 Å². The van der Waals surface area contributed by atoms with E-state index in [1.807, 2.05) is 13.8 Å². The minimum absolute atomic E-state index is 0.136. The predicted molar refractivity (Wildman–Crippen MR) is 38.9 cm³/mol. The van der Waals surface area contributed by atoms with Crippen molar-refractivity contribution in [3.8, 4) is 0 Å². The normalized spacial score (nSPS) is 14.2. The third-order valence-electron chi connectivity index (χ3n) is 1.16. The van der Waals surface area contributed by atoms with Gasteiger partial charge in [-0.3, -0.25) is 0 Å². The van der Waals surface area contributed by atoms with Gasteiger partial charge < -0.3 is 0 Å². The van der Waals surface area contributed by atoms with Crippen LogP contribution in [0, 0.1) is 0 Å². The van der Waals surface area contributed by atoms with Gasteiger partial charge in [0, 0.05) is 0 Å².